The molecule has 4 saturated heterocycles. The Hall–Kier alpha value is -2.61. The van der Waals surface area contributed by atoms with Crippen LogP contribution < -0.4 is 5.32 Å². The fourth-order valence-electron chi connectivity index (χ4n) is 7.15. The number of rotatable bonds is 5. The molecule has 34 heavy (non-hydrogen) atoms. The summed E-state index contributed by atoms with van der Waals surface area (Å²) in [5.41, 5.74) is 1.47. The maximum absolute atomic E-state index is 13.4. The average Bonchev–Trinajstić information content (AvgIpc) is 3.46. The van der Waals surface area contributed by atoms with E-state index in [-0.39, 0.29) is 30.8 Å². The highest BCUT2D eigenvalue weighted by Crippen LogP contribution is 2.45. The van der Waals surface area contributed by atoms with Crippen molar-refractivity contribution in [3.8, 4) is 0 Å². The van der Waals surface area contributed by atoms with Gasteiger partial charge in [0.05, 0.1) is 18.8 Å². The molecular weight excluding hydrogens is 432 g/mol. The van der Waals surface area contributed by atoms with Crippen molar-refractivity contribution in [2.45, 2.75) is 76.0 Å². The lowest BCUT2D eigenvalue weighted by Crippen LogP contribution is -2.60. The van der Waals surface area contributed by atoms with E-state index in [1.807, 2.05) is 0 Å². The first-order valence-electron chi connectivity index (χ1n) is 13.0. The second-order valence-electron chi connectivity index (χ2n) is 10.6. The van der Waals surface area contributed by atoms with Gasteiger partial charge in [-0.1, -0.05) is 18.1 Å². The number of carbonyl (C=O) groups is 3. The fourth-order valence-corrected chi connectivity index (χ4v) is 7.15. The first-order chi connectivity index (χ1) is 16.6. The quantitative estimate of drug-likeness (QED) is 0.533. The third-order valence-corrected chi connectivity index (χ3v) is 8.63. The lowest BCUT2D eigenvalue weighted by Gasteiger charge is -2.54. The maximum Gasteiger partial charge on any atom is 0.325 e. The number of nitrogens with zero attached hydrogens (tertiary/aromatic N) is 3. The van der Waals surface area contributed by atoms with Crippen LogP contribution in [0.15, 0.2) is 34.5 Å². The van der Waals surface area contributed by atoms with Gasteiger partial charge in [-0.15, -0.1) is 0 Å². The summed E-state index contributed by atoms with van der Waals surface area (Å²) >= 11 is 0. The molecule has 0 radical (unpaired) electrons. The number of hydrogen-bond donors (Lipinski definition) is 1. The van der Waals surface area contributed by atoms with Crippen molar-refractivity contribution in [2.75, 3.05) is 19.6 Å². The number of nitrogens with one attached hydrogen (secondary N) is 1. The summed E-state index contributed by atoms with van der Waals surface area (Å²) < 4.78 is 5.28. The molecule has 4 fully saturated rings. The van der Waals surface area contributed by atoms with Gasteiger partial charge >= 0.3 is 6.03 Å². The Labute approximate surface area is 200 Å². The molecule has 0 saturated carbocycles. The lowest BCUT2D eigenvalue weighted by molar-refractivity contribution is -0.136. The predicted molar refractivity (Wildman–Crippen MR) is 124 cm³/mol. The number of fused-ring (bicyclic) bond motifs is 6. The molecule has 2 bridgehead atoms. The highest BCUT2D eigenvalue weighted by Gasteiger charge is 2.47. The molecule has 6 rings (SSSR count). The summed E-state index contributed by atoms with van der Waals surface area (Å²) in [6.07, 6.45) is 11.9. The van der Waals surface area contributed by atoms with Gasteiger partial charge in [0.2, 0.25) is 5.91 Å². The van der Waals surface area contributed by atoms with Crippen LogP contribution in [0.1, 0.15) is 57.1 Å². The molecule has 5 atom stereocenters. The monoisotopic (exact) mass is 466 g/mol. The molecule has 8 nitrogen and oxygen atoms in total. The van der Waals surface area contributed by atoms with Crippen molar-refractivity contribution in [2.24, 2.45) is 11.8 Å². The molecule has 3 unspecified atom stereocenters. The highest BCUT2D eigenvalue weighted by atomic mass is 16.3. The third-order valence-electron chi connectivity index (χ3n) is 8.63. The number of imide groups is 1. The lowest BCUT2D eigenvalue weighted by atomic mass is 9.68. The van der Waals surface area contributed by atoms with Crippen LogP contribution in [0, 0.1) is 11.8 Å². The summed E-state index contributed by atoms with van der Waals surface area (Å²) in [6.45, 7) is 3.21. The second kappa shape index (κ2) is 8.87. The summed E-state index contributed by atoms with van der Waals surface area (Å²) in [6, 6.07) is 3.32. The van der Waals surface area contributed by atoms with E-state index in [1.165, 1.54) is 49.0 Å². The van der Waals surface area contributed by atoms with Gasteiger partial charge in [0.15, 0.2) is 0 Å². The van der Waals surface area contributed by atoms with Crippen LogP contribution in [0.5, 0.6) is 0 Å². The number of likely N-dealkylation sites (tertiary alicyclic amines) is 1. The van der Waals surface area contributed by atoms with Crippen molar-refractivity contribution >= 4 is 17.8 Å². The van der Waals surface area contributed by atoms with Crippen LogP contribution in [0.3, 0.4) is 0 Å². The maximum atomic E-state index is 13.4. The SMILES string of the molecule is O=C1NC(CCC(=O)N2CCCC3=C[C@@H]4C[C@@H](CN5CCCCC45)C32)C(=O)N1Cc1ccco1. The fraction of sp³-hybridized carbons (Fsp3) is 0.654. The van der Waals surface area contributed by atoms with Gasteiger partial charge in [0.25, 0.3) is 5.91 Å². The first kappa shape index (κ1) is 21.9. The molecular formula is C26H34N4O4. The van der Waals surface area contributed by atoms with Crippen molar-refractivity contribution in [1.29, 1.82) is 0 Å². The van der Waals surface area contributed by atoms with Crippen LogP contribution in [0.25, 0.3) is 0 Å². The van der Waals surface area contributed by atoms with E-state index in [0.29, 0.717) is 30.1 Å². The van der Waals surface area contributed by atoms with E-state index in [2.05, 4.69) is 21.2 Å². The number of hydrogen-bond acceptors (Lipinski definition) is 5. The van der Waals surface area contributed by atoms with E-state index < -0.39 is 12.1 Å². The Morgan fingerprint density at radius 2 is 2.09 bits per heavy atom. The van der Waals surface area contributed by atoms with Crippen LogP contribution >= 0.6 is 0 Å². The zero-order chi connectivity index (χ0) is 23.2. The summed E-state index contributed by atoms with van der Waals surface area (Å²) in [5.74, 6) is 1.55. The molecule has 4 aliphatic heterocycles. The minimum Gasteiger partial charge on any atom is -0.467 e. The molecule has 8 heteroatoms. The molecule has 1 N–H and O–H groups in total. The van der Waals surface area contributed by atoms with Crippen LogP contribution in [-0.2, 0) is 16.1 Å². The van der Waals surface area contributed by atoms with Gasteiger partial charge in [-0.3, -0.25) is 19.4 Å². The molecule has 4 amide bonds. The van der Waals surface area contributed by atoms with Crippen molar-refractivity contribution in [1.82, 2.24) is 20.0 Å². The number of carbonyl (C=O) groups excluding carboxylic acids is 3. The molecule has 0 spiro atoms. The summed E-state index contributed by atoms with van der Waals surface area (Å²) in [7, 11) is 0. The summed E-state index contributed by atoms with van der Waals surface area (Å²) in [4.78, 5) is 44.5. The minimum absolute atomic E-state index is 0.112. The van der Waals surface area contributed by atoms with Gasteiger partial charge in [0, 0.05) is 25.6 Å². The van der Waals surface area contributed by atoms with E-state index in [0.717, 1.165) is 25.9 Å². The summed E-state index contributed by atoms with van der Waals surface area (Å²) in [5, 5.41) is 2.75. The normalized spacial score (nSPS) is 33.3. The van der Waals surface area contributed by atoms with E-state index in [9.17, 15) is 14.4 Å². The zero-order valence-corrected chi connectivity index (χ0v) is 19.7. The average molecular weight is 467 g/mol. The Balaban J connectivity index is 1.11. The number of furan rings is 1. The highest BCUT2D eigenvalue weighted by molar-refractivity contribution is 6.04. The molecule has 1 aromatic heterocycles. The Morgan fingerprint density at radius 3 is 2.94 bits per heavy atom. The van der Waals surface area contributed by atoms with Gasteiger partial charge in [-0.25, -0.2) is 4.79 Å². The zero-order valence-electron chi connectivity index (χ0n) is 19.7. The Morgan fingerprint density at radius 1 is 1.18 bits per heavy atom. The molecule has 1 aromatic rings. The molecule has 1 aliphatic carbocycles. The van der Waals surface area contributed by atoms with Gasteiger partial charge in [-0.05, 0) is 69.0 Å². The van der Waals surface area contributed by atoms with Crippen LogP contribution in [0.2, 0.25) is 0 Å². The van der Waals surface area contributed by atoms with Gasteiger partial charge < -0.3 is 14.6 Å². The number of piperidine rings is 3. The molecule has 0 aromatic carbocycles. The van der Waals surface area contributed by atoms with E-state index in [1.54, 1.807) is 12.1 Å². The Kier molecular flexibility index (Phi) is 5.71. The minimum atomic E-state index is -0.647. The Bertz CT molecular complexity index is 989. The van der Waals surface area contributed by atoms with Gasteiger partial charge in [0.1, 0.15) is 11.8 Å². The largest absolute Gasteiger partial charge is 0.467 e. The second-order valence-corrected chi connectivity index (χ2v) is 10.6. The molecule has 5 heterocycles. The predicted octanol–water partition coefficient (Wildman–Crippen LogP) is 2.90. The van der Waals surface area contributed by atoms with Crippen molar-refractivity contribution < 1.29 is 18.8 Å². The van der Waals surface area contributed by atoms with Crippen LogP contribution in [0.4, 0.5) is 4.79 Å². The van der Waals surface area contributed by atoms with E-state index >= 15 is 0 Å². The smallest absolute Gasteiger partial charge is 0.325 e. The van der Waals surface area contributed by atoms with Gasteiger partial charge in [-0.2, -0.15) is 0 Å². The number of amides is 4. The number of urea groups is 1. The standard InChI is InChI=1S/C26H34N4O4/c31-23(9-8-21-25(32)30(26(33)27-21)16-20-6-4-12-34-20)29-11-3-5-17-13-18-14-19(24(17)29)15-28-10-2-1-7-22(18)28/h4,6,12-13,18-19,21-22,24H,1-3,5,7-11,14-16H2,(H,27,33)/t18-,19+,21?,22?,24?/m1/s1. The third kappa shape index (κ3) is 3.85. The van der Waals surface area contributed by atoms with Crippen molar-refractivity contribution in [3.63, 3.8) is 0 Å². The molecule has 5 aliphatic rings. The van der Waals surface area contributed by atoms with Crippen molar-refractivity contribution in [3.05, 3.63) is 35.8 Å². The topological polar surface area (TPSA) is 86.1 Å². The first-order valence-corrected chi connectivity index (χ1v) is 13.0. The van der Waals surface area contributed by atoms with E-state index in [4.69, 9.17) is 4.42 Å². The molecule has 182 valence electrons. The van der Waals surface area contributed by atoms with Crippen LogP contribution in [-0.4, -0.2) is 70.3 Å².